The summed E-state index contributed by atoms with van der Waals surface area (Å²) in [7, 11) is 0. The minimum absolute atomic E-state index is 0.714. The first kappa shape index (κ1) is 17.9. The molecule has 0 spiro atoms. The SMILES string of the molecule is CC[C@H]1CC[C@H](CCc2ncc([C@H]3CC[C@H](CC)CC3)cn2)CC1. The molecule has 0 N–H and O–H groups in total. The van der Waals surface area contributed by atoms with E-state index in [9.17, 15) is 0 Å². The van der Waals surface area contributed by atoms with Gasteiger partial charge in [-0.25, -0.2) is 9.97 Å². The summed E-state index contributed by atoms with van der Waals surface area (Å²) < 4.78 is 0. The summed E-state index contributed by atoms with van der Waals surface area (Å²) in [6.07, 6.45) is 20.6. The van der Waals surface area contributed by atoms with E-state index < -0.39 is 0 Å². The third kappa shape index (κ3) is 4.80. The van der Waals surface area contributed by atoms with Gasteiger partial charge in [0.2, 0.25) is 0 Å². The Hall–Kier alpha value is -0.920. The van der Waals surface area contributed by atoms with Gasteiger partial charge >= 0.3 is 0 Å². The molecule has 0 aromatic carbocycles. The highest BCUT2D eigenvalue weighted by Crippen LogP contribution is 2.36. The Labute approximate surface area is 148 Å². The van der Waals surface area contributed by atoms with Crippen molar-refractivity contribution in [3.05, 3.63) is 23.8 Å². The molecule has 0 unspecified atom stereocenters. The monoisotopic (exact) mass is 328 g/mol. The molecule has 2 nitrogen and oxygen atoms in total. The number of rotatable bonds is 6. The predicted molar refractivity (Wildman–Crippen MR) is 101 cm³/mol. The molecule has 2 saturated carbocycles. The van der Waals surface area contributed by atoms with Crippen LogP contribution in [0.25, 0.3) is 0 Å². The van der Waals surface area contributed by atoms with Crippen molar-refractivity contribution in [1.29, 1.82) is 0 Å². The van der Waals surface area contributed by atoms with Crippen LogP contribution in [0.2, 0.25) is 0 Å². The molecular weight excluding hydrogens is 292 g/mol. The summed E-state index contributed by atoms with van der Waals surface area (Å²) in [5.74, 6) is 4.66. The molecule has 134 valence electrons. The van der Waals surface area contributed by atoms with E-state index in [0.29, 0.717) is 5.92 Å². The lowest BCUT2D eigenvalue weighted by Gasteiger charge is -2.28. The third-order valence-corrected chi connectivity index (χ3v) is 6.94. The Balaban J connectivity index is 1.43. The average molecular weight is 329 g/mol. The lowest BCUT2D eigenvalue weighted by atomic mass is 9.78. The van der Waals surface area contributed by atoms with Crippen molar-refractivity contribution in [1.82, 2.24) is 9.97 Å². The maximum Gasteiger partial charge on any atom is 0.128 e. The Bertz CT molecular complexity index is 465. The number of nitrogens with zero attached hydrogens (tertiary/aromatic N) is 2. The van der Waals surface area contributed by atoms with Gasteiger partial charge in [-0.15, -0.1) is 0 Å². The first-order valence-corrected chi connectivity index (χ1v) is 10.6. The van der Waals surface area contributed by atoms with E-state index in [0.717, 1.165) is 30.0 Å². The lowest BCUT2D eigenvalue weighted by Crippen LogP contribution is -2.15. The van der Waals surface area contributed by atoms with E-state index in [4.69, 9.17) is 9.97 Å². The summed E-state index contributed by atoms with van der Waals surface area (Å²) in [6, 6.07) is 0. The maximum atomic E-state index is 4.70. The van der Waals surface area contributed by atoms with Crippen molar-refractivity contribution in [3.63, 3.8) is 0 Å². The largest absolute Gasteiger partial charge is 0.241 e. The highest BCUT2D eigenvalue weighted by Gasteiger charge is 2.22. The number of aromatic nitrogens is 2. The molecule has 1 heterocycles. The van der Waals surface area contributed by atoms with Crippen LogP contribution < -0.4 is 0 Å². The minimum Gasteiger partial charge on any atom is -0.241 e. The normalized spacial score (nSPS) is 31.1. The van der Waals surface area contributed by atoms with Crippen LogP contribution in [0.3, 0.4) is 0 Å². The number of hydrogen-bond donors (Lipinski definition) is 0. The minimum atomic E-state index is 0.714. The molecule has 2 fully saturated rings. The van der Waals surface area contributed by atoms with Crippen LogP contribution in [0.1, 0.15) is 102 Å². The fourth-order valence-electron chi connectivity index (χ4n) is 4.87. The summed E-state index contributed by atoms with van der Waals surface area (Å²) in [5, 5.41) is 0. The molecule has 1 aromatic rings. The van der Waals surface area contributed by atoms with Gasteiger partial charge in [0.05, 0.1) is 0 Å². The van der Waals surface area contributed by atoms with Gasteiger partial charge < -0.3 is 0 Å². The molecule has 0 bridgehead atoms. The van der Waals surface area contributed by atoms with Gasteiger partial charge in [-0.05, 0) is 61.3 Å². The van der Waals surface area contributed by atoms with E-state index in [-0.39, 0.29) is 0 Å². The van der Waals surface area contributed by atoms with Crippen LogP contribution >= 0.6 is 0 Å². The average Bonchev–Trinajstić information content (AvgIpc) is 2.67. The van der Waals surface area contributed by atoms with Gasteiger partial charge in [-0.2, -0.15) is 0 Å². The molecule has 0 radical (unpaired) electrons. The van der Waals surface area contributed by atoms with Crippen molar-refractivity contribution in [2.45, 2.75) is 96.8 Å². The van der Waals surface area contributed by atoms with Crippen LogP contribution in [-0.2, 0) is 6.42 Å². The van der Waals surface area contributed by atoms with E-state index in [1.54, 1.807) is 0 Å². The third-order valence-electron chi connectivity index (χ3n) is 6.94. The molecule has 2 heteroatoms. The molecule has 2 aliphatic carbocycles. The first-order chi connectivity index (χ1) is 11.8. The highest BCUT2D eigenvalue weighted by molar-refractivity contribution is 5.12. The van der Waals surface area contributed by atoms with Crippen LogP contribution in [0.15, 0.2) is 12.4 Å². The Morgan fingerprint density at radius 1 is 0.750 bits per heavy atom. The van der Waals surface area contributed by atoms with Gasteiger partial charge in [0.25, 0.3) is 0 Å². The fraction of sp³-hybridized carbons (Fsp3) is 0.818. The zero-order valence-electron chi connectivity index (χ0n) is 15.8. The van der Waals surface area contributed by atoms with Crippen molar-refractivity contribution < 1.29 is 0 Å². The summed E-state index contributed by atoms with van der Waals surface area (Å²) in [4.78, 5) is 9.39. The molecule has 0 saturated heterocycles. The van der Waals surface area contributed by atoms with Crippen molar-refractivity contribution in [2.75, 3.05) is 0 Å². The Morgan fingerprint density at radius 2 is 1.25 bits per heavy atom. The Morgan fingerprint density at radius 3 is 1.79 bits per heavy atom. The van der Waals surface area contributed by atoms with Crippen LogP contribution in [0.5, 0.6) is 0 Å². The molecule has 3 rings (SSSR count). The van der Waals surface area contributed by atoms with E-state index in [1.807, 2.05) is 0 Å². The van der Waals surface area contributed by atoms with E-state index >= 15 is 0 Å². The molecule has 24 heavy (non-hydrogen) atoms. The zero-order chi connectivity index (χ0) is 16.8. The maximum absolute atomic E-state index is 4.70. The van der Waals surface area contributed by atoms with Crippen molar-refractivity contribution in [2.24, 2.45) is 17.8 Å². The highest BCUT2D eigenvalue weighted by atomic mass is 14.9. The van der Waals surface area contributed by atoms with Gasteiger partial charge in [0.1, 0.15) is 5.82 Å². The smallest absolute Gasteiger partial charge is 0.128 e. The summed E-state index contributed by atoms with van der Waals surface area (Å²) in [5.41, 5.74) is 1.39. The van der Waals surface area contributed by atoms with E-state index in [1.165, 1.54) is 76.2 Å². The molecular formula is C22H36N2. The topological polar surface area (TPSA) is 25.8 Å². The molecule has 1 aromatic heterocycles. The quantitative estimate of drug-likeness (QED) is 0.611. The Kier molecular flexibility index (Phi) is 6.68. The van der Waals surface area contributed by atoms with Crippen LogP contribution in [0, 0.1) is 17.8 Å². The van der Waals surface area contributed by atoms with Gasteiger partial charge in [0, 0.05) is 18.8 Å². The van der Waals surface area contributed by atoms with Crippen LogP contribution in [0.4, 0.5) is 0 Å². The molecule has 0 amide bonds. The fourth-order valence-corrected chi connectivity index (χ4v) is 4.87. The predicted octanol–water partition coefficient (Wildman–Crippen LogP) is 6.31. The molecule has 0 atom stereocenters. The second-order valence-electron chi connectivity index (χ2n) is 8.39. The van der Waals surface area contributed by atoms with Crippen LogP contribution in [-0.4, -0.2) is 9.97 Å². The van der Waals surface area contributed by atoms with E-state index in [2.05, 4.69) is 26.2 Å². The van der Waals surface area contributed by atoms with Crippen molar-refractivity contribution >= 4 is 0 Å². The molecule has 0 aliphatic heterocycles. The van der Waals surface area contributed by atoms with Gasteiger partial charge in [0.15, 0.2) is 0 Å². The molecule has 2 aliphatic rings. The summed E-state index contributed by atoms with van der Waals surface area (Å²) in [6.45, 7) is 4.67. The van der Waals surface area contributed by atoms with Gasteiger partial charge in [-0.3, -0.25) is 0 Å². The first-order valence-electron chi connectivity index (χ1n) is 10.6. The van der Waals surface area contributed by atoms with Crippen molar-refractivity contribution in [3.8, 4) is 0 Å². The zero-order valence-corrected chi connectivity index (χ0v) is 15.8. The number of aryl methyl sites for hydroxylation is 1. The van der Waals surface area contributed by atoms with Gasteiger partial charge in [-0.1, -0.05) is 52.4 Å². The second kappa shape index (κ2) is 8.97. The lowest BCUT2D eigenvalue weighted by molar-refractivity contribution is 0.258. The summed E-state index contributed by atoms with van der Waals surface area (Å²) >= 11 is 0. The second-order valence-corrected chi connectivity index (χ2v) is 8.39. The standard InChI is InChI=1S/C22H36N2/c1-3-17-5-7-19(8-6-17)11-14-22-23-15-21(16-24-22)20-12-9-18(4-2)10-13-20/h15-20H,3-14H2,1-2H3/t17-,18-,19-,20-. The number of hydrogen-bond acceptors (Lipinski definition) is 2.